The van der Waals surface area contributed by atoms with Gasteiger partial charge in [-0.05, 0) is 23.6 Å². The van der Waals surface area contributed by atoms with Crippen LogP contribution in [0.2, 0.25) is 0 Å². The number of nitrogens with one attached hydrogen (secondary N) is 2. The van der Waals surface area contributed by atoms with Gasteiger partial charge >= 0.3 is 6.09 Å². The van der Waals surface area contributed by atoms with E-state index in [9.17, 15) is 14.0 Å². The van der Waals surface area contributed by atoms with Gasteiger partial charge in [0, 0.05) is 0 Å². The molecule has 0 spiro atoms. The van der Waals surface area contributed by atoms with Gasteiger partial charge in [-0.15, -0.1) is 0 Å². The van der Waals surface area contributed by atoms with Crippen molar-refractivity contribution in [3.63, 3.8) is 0 Å². The number of halogens is 1. The summed E-state index contributed by atoms with van der Waals surface area (Å²) >= 11 is 0. The summed E-state index contributed by atoms with van der Waals surface area (Å²) in [6.45, 7) is 3.67. The molecule has 0 saturated carbocycles. The molecule has 0 aliphatic heterocycles. The van der Waals surface area contributed by atoms with Crippen LogP contribution in [0.4, 0.5) is 14.9 Å². The molecule has 0 unspecified atom stereocenters. The molecule has 2 rings (SSSR count). The molecule has 0 bridgehead atoms. The minimum absolute atomic E-state index is 0.0672. The number of amides is 2. The van der Waals surface area contributed by atoms with Gasteiger partial charge in [0.05, 0.1) is 5.69 Å². The van der Waals surface area contributed by atoms with Crippen molar-refractivity contribution < 1.29 is 18.7 Å². The first-order valence-corrected chi connectivity index (χ1v) is 8.00. The van der Waals surface area contributed by atoms with Crippen molar-refractivity contribution in [3.8, 4) is 0 Å². The number of para-hydroxylation sites is 1. The zero-order valence-corrected chi connectivity index (χ0v) is 14.2. The van der Waals surface area contributed by atoms with Gasteiger partial charge in [-0.3, -0.25) is 4.79 Å². The van der Waals surface area contributed by atoms with Crippen LogP contribution in [0.3, 0.4) is 0 Å². The van der Waals surface area contributed by atoms with Crippen LogP contribution in [-0.4, -0.2) is 18.0 Å². The molecule has 0 saturated heterocycles. The fourth-order valence-corrected chi connectivity index (χ4v) is 2.20. The number of benzene rings is 2. The van der Waals surface area contributed by atoms with E-state index in [1.165, 1.54) is 18.2 Å². The number of carbonyl (C=O) groups excluding carboxylic acids is 2. The van der Waals surface area contributed by atoms with E-state index in [2.05, 4.69) is 10.6 Å². The molecule has 2 amide bonds. The van der Waals surface area contributed by atoms with Crippen LogP contribution in [0.25, 0.3) is 0 Å². The lowest BCUT2D eigenvalue weighted by atomic mass is 10.0. The van der Waals surface area contributed by atoms with Gasteiger partial charge < -0.3 is 15.4 Å². The maximum atomic E-state index is 13.7. The Morgan fingerprint density at radius 1 is 1.04 bits per heavy atom. The summed E-state index contributed by atoms with van der Waals surface area (Å²) in [6.07, 6.45) is -0.703. The minimum atomic E-state index is -0.845. The van der Waals surface area contributed by atoms with Crippen molar-refractivity contribution in [1.29, 1.82) is 0 Å². The average Bonchev–Trinajstić information content (AvgIpc) is 2.60. The summed E-state index contributed by atoms with van der Waals surface area (Å²) in [5, 5.41) is 5.02. The fraction of sp³-hybridized carbons (Fsp3) is 0.263. The molecule has 0 fully saturated rings. The van der Waals surface area contributed by atoms with Crippen molar-refractivity contribution in [2.75, 3.05) is 5.32 Å². The lowest BCUT2D eigenvalue weighted by molar-refractivity contribution is -0.119. The molecule has 1 atom stereocenters. The number of hydrogen-bond acceptors (Lipinski definition) is 3. The highest BCUT2D eigenvalue weighted by Crippen LogP contribution is 2.14. The second-order valence-corrected chi connectivity index (χ2v) is 5.90. The number of carbonyl (C=O) groups is 2. The first-order chi connectivity index (χ1) is 12.0. The smallest absolute Gasteiger partial charge is 0.408 e. The molecule has 0 aliphatic carbocycles. The zero-order valence-electron chi connectivity index (χ0n) is 14.2. The first kappa shape index (κ1) is 18.4. The minimum Gasteiger partial charge on any atom is -0.445 e. The van der Waals surface area contributed by atoms with Gasteiger partial charge in [-0.1, -0.05) is 56.3 Å². The maximum absolute atomic E-state index is 13.7. The Morgan fingerprint density at radius 3 is 2.32 bits per heavy atom. The van der Waals surface area contributed by atoms with Gasteiger partial charge in [-0.2, -0.15) is 0 Å². The summed E-state index contributed by atoms with van der Waals surface area (Å²) in [4.78, 5) is 24.3. The summed E-state index contributed by atoms with van der Waals surface area (Å²) < 4.78 is 18.8. The highest BCUT2D eigenvalue weighted by molar-refractivity contribution is 5.96. The van der Waals surface area contributed by atoms with Crippen LogP contribution < -0.4 is 10.6 Å². The lowest BCUT2D eigenvalue weighted by Crippen LogP contribution is -2.47. The predicted molar refractivity (Wildman–Crippen MR) is 93.4 cm³/mol. The van der Waals surface area contributed by atoms with E-state index in [0.29, 0.717) is 0 Å². The van der Waals surface area contributed by atoms with Crippen molar-refractivity contribution in [2.24, 2.45) is 5.92 Å². The first-order valence-electron chi connectivity index (χ1n) is 8.00. The summed E-state index contributed by atoms with van der Waals surface area (Å²) in [7, 11) is 0. The highest BCUT2D eigenvalue weighted by Gasteiger charge is 2.25. The summed E-state index contributed by atoms with van der Waals surface area (Å²) in [5.41, 5.74) is 0.909. The fourth-order valence-electron chi connectivity index (χ4n) is 2.20. The Labute approximate surface area is 146 Å². The lowest BCUT2D eigenvalue weighted by Gasteiger charge is -2.21. The third-order valence-corrected chi connectivity index (χ3v) is 3.57. The molecule has 5 nitrogen and oxygen atoms in total. The largest absolute Gasteiger partial charge is 0.445 e. The van der Waals surface area contributed by atoms with Crippen molar-refractivity contribution in [1.82, 2.24) is 5.32 Å². The van der Waals surface area contributed by atoms with E-state index in [1.54, 1.807) is 19.9 Å². The van der Waals surface area contributed by atoms with Gasteiger partial charge in [0.1, 0.15) is 18.5 Å². The third kappa shape index (κ3) is 5.60. The number of anilines is 1. The topological polar surface area (TPSA) is 67.4 Å². The normalized spacial score (nSPS) is 11.7. The Kier molecular flexibility index (Phi) is 6.51. The van der Waals surface area contributed by atoms with Gasteiger partial charge in [-0.25, -0.2) is 9.18 Å². The van der Waals surface area contributed by atoms with E-state index in [1.807, 2.05) is 30.3 Å². The van der Waals surface area contributed by atoms with Crippen LogP contribution in [0.15, 0.2) is 54.6 Å². The van der Waals surface area contributed by atoms with E-state index >= 15 is 0 Å². The molecular weight excluding hydrogens is 323 g/mol. The summed E-state index contributed by atoms with van der Waals surface area (Å²) in [6, 6.07) is 14.2. The second kappa shape index (κ2) is 8.82. The maximum Gasteiger partial charge on any atom is 0.408 e. The highest BCUT2D eigenvalue weighted by atomic mass is 19.1. The van der Waals surface area contributed by atoms with Crippen LogP contribution in [0.5, 0.6) is 0 Å². The number of ether oxygens (including phenoxy) is 1. The van der Waals surface area contributed by atoms with E-state index in [4.69, 9.17) is 4.74 Å². The molecule has 0 aromatic heterocycles. The second-order valence-electron chi connectivity index (χ2n) is 5.90. The Bertz CT molecular complexity index is 720. The number of hydrogen-bond donors (Lipinski definition) is 2. The average molecular weight is 344 g/mol. The molecule has 25 heavy (non-hydrogen) atoms. The van der Waals surface area contributed by atoms with Gasteiger partial charge in [0.2, 0.25) is 5.91 Å². The van der Waals surface area contributed by atoms with Crippen LogP contribution in [-0.2, 0) is 16.1 Å². The molecule has 6 heteroatoms. The molecule has 2 N–H and O–H groups in total. The van der Waals surface area contributed by atoms with E-state index in [0.717, 1.165) is 5.56 Å². The molecular formula is C19H21FN2O3. The molecule has 0 heterocycles. The quantitative estimate of drug-likeness (QED) is 0.839. The molecule has 132 valence electrons. The van der Waals surface area contributed by atoms with Crippen molar-refractivity contribution in [3.05, 3.63) is 66.0 Å². The standard InChI is InChI=1S/C19H21FN2O3/c1-13(2)17(18(23)21-16-11-7-6-10-15(16)20)22-19(24)25-12-14-8-4-3-5-9-14/h3-11,13,17H,12H2,1-2H3,(H,21,23)(H,22,24)/t17-/m0/s1. The van der Waals surface area contributed by atoms with Gasteiger partial charge in [0.25, 0.3) is 0 Å². The molecule has 0 radical (unpaired) electrons. The SMILES string of the molecule is CC(C)[C@H](NC(=O)OCc1ccccc1)C(=O)Nc1ccccc1F. The Balaban J connectivity index is 1.94. The zero-order chi connectivity index (χ0) is 18.2. The van der Waals surface area contributed by atoms with E-state index < -0.39 is 23.9 Å². The van der Waals surface area contributed by atoms with Crippen LogP contribution in [0, 0.1) is 11.7 Å². The monoisotopic (exact) mass is 344 g/mol. The van der Waals surface area contributed by atoms with Gasteiger partial charge in [0.15, 0.2) is 0 Å². The Hall–Kier alpha value is -2.89. The summed E-state index contributed by atoms with van der Waals surface area (Å²) in [5.74, 6) is -1.24. The van der Waals surface area contributed by atoms with E-state index in [-0.39, 0.29) is 18.2 Å². The molecule has 2 aromatic rings. The number of alkyl carbamates (subject to hydrolysis) is 1. The van der Waals surface area contributed by atoms with Crippen LogP contribution in [0.1, 0.15) is 19.4 Å². The molecule has 0 aliphatic rings. The van der Waals surface area contributed by atoms with Crippen molar-refractivity contribution in [2.45, 2.75) is 26.5 Å². The predicted octanol–water partition coefficient (Wildman–Crippen LogP) is 3.72. The van der Waals surface area contributed by atoms with Crippen molar-refractivity contribution >= 4 is 17.7 Å². The number of rotatable bonds is 6. The molecule has 2 aromatic carbocycles. The van der Waals surface area contributed by atoms with Crippen LogP contribution >= 0.6 is 0 Å². The Morgan fingerprint density at radius 2 is 1.68 bits per heavy atom. The third-order valence-electron chi connectivity index (χ3n) is 3.57.